The Balaban J connectivity index is 2.06. The molecule has 1 unspecified atom stereocenters. The molecule has 0 aliphatic carbocycles. The molecule has 0 spiro atoms. The fourth-order valence-corrected chi connectivity index (χ4v) is 2.89. The van der Waals surface area contributed by atoms with Crippen LogP contribution in [-0.2, 0) is 6.54 Å². The van der Waals surface area contributed by atoms with Gasteiger partial charge in [0.05, 0.1) is 12.6 Å². The van der Waals surface area contributed by atoms with Gasteiger partial charge in [0.25, 0.3) is 0 Å². The minimum atomic E-state index is -0.663. The molecule has 0 amide bonds. The zero-order valence-electron chi connectivity index (χ0n) is 15.4. The lowest BCUT2D eigenvalue weighted by Crippen LogP contribution is -2.40. The van der Waals surface area contributed by atoms with Crippen molar-refractivity contribution in [2.24, 2.45) is 0 Å². The summed E-state index contributed by atoms with van der Waals surface area (Å²) in [5, 5.41) is 14.4. The van der Waals surface area contributed by atoms with Crippen LogP contribution in [0.3, 0.4) is 0 Å². The van der Waals surface area contributed by atoms with Gasteiger partial charge in [-0.2, -0.15) is 0 Å². The molecule has 0 saturated heterocycles. The molecule has 138 valence electrons. The second-order valence-electron chi connectivity index (χ2n) is 6.70. The second kappa shape index (κ2) is 9.53. The number of aromatic nitrogens is 2. The molecular weight excluding hydrogens is 318 g/mol. The Bertz CT molecular complexity index is 679. The predicted octanol–water partition coefficient (Wildman–Crippen LogP) is 2.76. The van der Waals surface area contributed by atoms with Gasteiger partial charge in [0.2, 0.25) is 0 Å². The summed E-state index contributed by atoms with van der Waals surface area (Å²) in [5.74, 6) is -0.0910. The van der Waals surface area contributed by atoms with Gasteiger partial charge >= 0.3 is 5.76 Å². The van der Waals surface area contributed by atoms with Gasteiger partial charge in [-0.05, 0) is 26.8 Å². The minimum absolute atomic E-state index is 0.170. The maximum absolute atomic E-state index is 12.0. The molecule has 0 aliphatic heterocycles. The number of unbranched alkanes of at least 4 members (excludes halogenated alkanes) is 2. The first-order chi connectivity index (χ1) is 12.0. The summed E-state index contributed by atoms with van der Waals surface area (Å²) in [6.07, 6.45) is 2.81. The van der Waals surface area contributed by atoms with E-state index in [0.29, 0.717) is 18.4 Å². The number of hydrogen-bond acceptors (Lipinski definition) is 5. The third-order valence-corrected chi connectivity index (χ3v) is 4.34. The predicted molar refractivity (Wildman–Crippen MR) is 98.4 cm³/mol. The average molecular weight is 347 g/mol. The standard InChI is InChI=1S/C19H29N3O3/c1-4-5-9-12-21(15(2)3)13-17(23)14-22-18(20-25-19(22)24)16-10-7-6-8-11-16/h6-8,10-11,15,17,23H,4-5,9,12-14H2,1-3H3. The van der Waals surface area contributed by atoms with E-state index < -0.39 is 11.9 Å². The van der Waals surface area contributed by atoms with E-state index in [9.17, 15) is 9.90 Å². The van der Waals surface area contributed by atoms with Gasteiger partial charge in [-0.15, -0.1) is 0 Å². The van der Waals surface area contributed by atoms with Crippen LogP contribution in [0.1, 0.15) is 40.0 Å². The topological polar surface area (TPSA) is 71.5 Å². The fourth-order valence-electron chi connectivity index (χ4n) is 2.89. The maximum atomic E-state index is 12.0. The highest BCUT2D eigenvalue weighted by molar-refractivity contribution is 5.54. The first-order valence-corrected chi connectivity index (χ1v) is 9.07. The van der Waals surface area contributed by atoms with E-state index in [-0.39, 0.29) is 6.54 Å². The summed E-state index contributed by atoms with van der Waals surface area (Å²) in [6.45, 7) is 8.07. The highest BCUT2D eigenvalue weighted by Crippen LogP contribution is 2.15. The van der Waals surface area contributed by atoms with Crippen LogP contribution in [0.4, 0.5) is 0 Å². The fraction of sp³-hybridized carbons (Fsp3) is 0.579. The number of aliphatic hydroxyl groups is 1. The van der Waals surface area contributed by atoms with Crippen molar-refractivity contribution in [1.82, 2.24) is 14.6 Å². The van der Waals surface area contributed by atoms with E-state index >= 15 is 0 Å². The molecule has 0 fully saturated rings. The lowest BCUT2D eigenvalue weighted by atomic mass is 10.2. The van der Waals surface area contributed by atoms with E-state index in [1.165, 1.54) is 17.4 Å². The van der Waals surface area contributed by atoms with Crippen molar-refractivity contribution in [1.29, 1.82) is 0 Å². The molecule has 0 saturated carbocycles. The highest BCUT2D eigenvalue weighted by atomic mass is 16.5. The Morgan fingerprint density at radius 3 is 2.60 bits per heavy atom. The summed E-state index contributed by atoms with van der Waals surface area (Å²) < 4.78 is 6.22. The van der Waals surface area contributed by atoms with Gasteiger partial charge in [0.15, 0.2) is 5.82 Å². The molecule has 1 atom stereocenters. The first-order valence-electron chi connectivity index (χ1n) is 9.07. The van der Waals surface area contributed by atoms with Crippen LogP contribution in [0.2, 0.25) is 0 Å². The zero-order valence-corrected chi connectivity index (χ0v) is 15.4. The number of rotatable bonds is 10. The molecule has 2 aromatic rings. The summed E-state index contributed by atoms with van der Waals surface area (Å²) in [5.41, 5.74) is 0.796. The van der Waals surface area contributed by atoms with Gasteiger partial charge in [0.1, 0.15) is 0 Å². The molecule has 0 aliphatic rings. The van der Waals surface area contributed by atoms with Crippen molar-refractivity contribution >= 4 is 0 Å². The maximum Gasteiger partial charge on any atom is 0.441 e. The van der Waals surface area contributed by atoms with E-state index in [1.54, 1.807) is 0 Å². The Kier molecular flexibility index (Phi) is 7.40. The Morgan fingerprint density at radius 1 is 1.24 bits per heavy atom. The highest BCUT2D eigenvalue weighted by Gasteiger charge is 2.19. The number of hydrogen-bond donors (Lipinski definition) is 1. The molecule has 2 rings (SSSR count). The van der Waals surface area contributed by atoms with Crippen molar-refractivity contribution in [3.05, 3.63) is 40.9 Å². The van der Waals surface area contributed by atoms with Crippen molar-refractivity contribution in [2.75, 3.05) is 13.1 Å². The number of aliphatic hydroxyl groups excluding tert-OH is 1. The third-order valence-electron chi connectivity index (χ3n) is 4.34. The second-order valence-corrected chi connectivity index (χ2v) is 6.70. The van der Waals surface area contributed by atoms with Gasteiger partial charge < -0.3 is 5.11 Å². The molecule has 1 heterocycles. The SMILES string of the molecule is CCCCCN(CC(O)Cn1c(-c2ccccc2)noc1=O)C(C)C. The summed E-state index contributed by atoms with van der Waals surface area (Å²) in [6, 6.07) is 9.74. The van der Waals surface area contributed by atoms with E-state index in [4.69, 9.17) is 4.52 Å². The van der Waals surface area contributed by atoms with Crippen LogP contribution in [0, 0.1) is 0 Å². The first kappa shape index (κ1) is 19.4. The van der Waals surface area contributed by atoms with Gasteiger partial charge in [-0.1, -0.05) is 55.3 Å². The van der Waals surface area contributed by atoms with Crippen LogP contribution in [0.15, 0.2) is 39.6 Å². The molecule has 0 radical (unpaired) electrons. The van der Waals surface area contributed by atoms with Crippen molar-refractivity contribution < 1.29 is 9.63 Å². The van der Waals surface area contributed by atoms with E-state index in [1.807, 2.05) is 30.3 Å². The number of benzene rings is 1. The van der Waals surface area contributed by atoms with Gasteiger partial charge in [0, 0.05) is 18.2 Å². The smallest absolute Gasteiger partial charge is 0.390 e. The van der Waals surface area contributed by atoms with E-state index in [0.717, 1.165) is 18.5 Å². The molecule has 1 N–H and O–H groups in total. The molecule has 1 aromatic carbocycles. The molecule has 6 nitrogen and oxygen atoms in total. The molecule has 6 heteroatoms. The van der Waals surface area contributed by atoms with Crippen LogP contribution in [0.5, 0.6) is 0 Å². The largest absolute Gasteiger partial charge is 0.441 e. The van der Waals surface area contributed by atoms with Gasteiger partial charge in [-0.3, -0.25) is 14.0 Å². The summed E-state index contributed by atoms with van der Waals surface area (Å²) >= 11 is 0. The van der Waals surface area contributed by atoms with Crippen LogP contribution in [-0.4, -0.2) is 45.0 Å². The third kappa shape index (κ3) is 5.54. The molecule has 1 aromatic heterocycles. The summed E-state index contributed by atoms with van der Waals surface area (Å²) in [7, 11) is 0. The molecule has 25 heavy (non-hydrogen) atoms. The van der Waals surface area contributed by atoms with E-state index in [2.05, 4.69) is 30.8 Å². The van der Waals surface area contributed by atoms with Crippen LogP contribution < -0.4 is 5.76 Å². The molecular formula is C19H29N3O3. The van der Waals surface area contributed by atoms with Crippen LogP contribution >= 0.6 is 0 Å². The quantitative estimate of drug-likeness (QED) is 0.669. The summed E-state index contributed by atoms with van der Waals surface area (Å²) in [4.78, 5) is 14.2. The molecule has 0 bridgehead atoms. The average Bonchev–Trinajstić information content (AvgIpc) is 2.95. The lowest BCUT2D eigenvalue weighted by molar-refractivity contribution is 0.0807. The zero-order chi connectivity index (χ0) is 18.2. The van der Waals surface area contributed by atoms with Crippen molar-refractivity contribution in [3.8, 4) is 11.4 Å². The Morgan fingerprint density at radius 2 is 1.96 bits per heavy atom. The lowest BCUT2D eigenvalue weighted by Gasteiger charge is -2.28. The Labute approximate surface area is 149 Å². The van der Waals surface area contributed by atoms with Crippen molar-refractivity contribution in [2.45, 2.75) is 58.7 Å². The minimum Gasteiger partial charge on any atom is -0.390 e. The normalized spacial score (nSPS) is 12.9. The Hall–Kier alpha value is -1.92. The number of nitrogens with zero attached hydrogens (tertiary/aromatic N) is 3. The van der Waals surface area contributed by atoms with Crippen molar-refractivity contribution in [3.63, 3.8) is 0 Å². The van der Waals surface area contributed by atoms with Gasteiger partial charge in [-0.25, -0.2) is 4.79 Å². The monoisotopic (exact) mass is 347 g/mol. The van der Waals surface area contributed by atoms with Crippen LogP contribution in [0.25, 0.3) is 11.4 Å².